The number of phenolic OH excluding ortho intramolecular Hbond substituents is 1. The molecule has 0 bridgehead atoms. The average Bonchev–Trinajstić information content (AvgIpc) is 3.56. The van der Waals surface area contributed by atoms with Crippen LogP contribution in [0.5, 0.6) is 17.2 Å². The summed E-state index contributed by atoms with van der Waals surface area (Å²) in [4.78, 5) is 31.9. The van der Waals surface area contributed by atoms with Crippen LogP contribution in [0.2, 0.25) is 0 Å². The highest BCUT2D eigenvalue weighted by Crippen LogP contribution is 2.38. The third-order valence-electron chi connectivity index (χ3n) is 6.57. The lowest BCUT2D eigenvalue weighted by atomic mass is 9.95. The average molecular weight is 569 g/mol. The van der Waals surface area contributed by atoms with Gasteiger partial charge in [-0.05, 0) is 61.9 Å². The number of hydrogen-bond acceptors (Lipinski definition) is 10. The second-order valence-electron chi connectivity index (χ2n) is 9.19. The number of phenols is 1. The van der Waals surface area contributed by atoms with Crippen molar-refractivity contribution in [3.8, 4) is 17.2 Å². The van der Waals surface area contributed by atoms with Crippen LogP contribution in [-0.4, -0.2) is 29.0 Å². The van der Waals surface area contributed by atoms with E-state index in [4.69, 9.17) is 14.2 Å². The third-order valence-corrected chi connectivity index (χ3v) is 7.55. The molecule has 0 unspecified atom stereocenters. The van der Waals surface area contributed by atoms with Gasteiger partial charge in [-0.15, -0.1) is 0 Å². The Morgan fingerprint density at radius 2 is 1.88 bits per heavy atom. The third kappa shape index (κ3) is 5.03. The number of rotatable bonds is 6. The zero-order valence-electron chi connectivity index (χ0n) is 22.1. The van der Waals surface area contributed by atoms with Crippen LogP contribution < -0.4 is 24.4 Å². The van der Waals surface area contributed by atoms with Gasteiger partial charge in [0.15, 0.2) is 16.3 Å². The molecule has 4 aromatic rings. The normalized spacial score (nSPS) is 16.1. The fraction of sp³-hybridized carbons (Fsp3) is 0.167. The lowest BCUT2D eigenvalue weighted by Crippen LogP contribution is -2.39. The van der Waals surface area contributed by atoms with Crippen LogP contribution in [0.25, 0.3) is 6.08 Å². The van der Waals surface area contributed by atoms with Gasteiger partial charge in [-0.25, -0.2) is 9.79 Å². The monoisotopic (exact) mass is 568 g/mol. The standard InChI is InChI=1S/C30H24N4O6S/c1-3-38-29(37)26-17(2)31-30-34(27(26)19-10-12-23-24(13-19)40-16-39-23)28(36)25(41-30)14-18-9-11-21(15-22(18)35)33-32-20-7-5-4-6-8-20/h4-15,27,35H,3,16H2,1-2H3/b25-14-,33-32?/t27-/m1/s1. The molecule has 206 valence electrons. The van der Waals surface area contributed by atoms with Crippen LogP contribution in [0.4, 0.5) is 11.4 Å². The number of benzene rings is 3. The highest BCUT2D eigenvalue weighted by atomic mass is 32.1. The van der Waals surface area contributed by atoms with Crippen LogP contribution in [0.15, 0.2) is 98.0 Å². The van der Waals surface area contributed by atoms with Gasteiger partial charge in [0.2, 0.25) is 6.79 Å². The number of allylic oxidation sites excluding steroid dienone is 1. The second-order valence-corrected chi connectivity index (χ2v) is 10.2. The van der Waals surface area contributed by atoms with Crippen molar-refractivity contribution < 1.29 is 24.1 Å². The number of ether oxygens (including phenoxy) is 3. The quantitative estimate of drug-likeness (QED) is 0.267. The van der Waals surface area contributed by atoms with Crippen molar-refractivity contribution in [3.05, 3.63) is 109 Å². The maximum Gasteiger partial charge on any atom is 0.338 e. The Balaban J connectivity index is 1.43. The Kier molecular flexibility index (Phi) is 6.94. The molecule has 0 amide bonds. The minimum Gasteiger partial charge on any atom is -0.507 e. The molecule has 0 aliphatic carbocycles. The number of esters is 1. The lowest BCUT2D eigenvalue weighted by molar-refractivity contribution is -0.139. The van der Waals surface area contributed by atoms with Crippen LogP contribution in [-0.2, 0) is 9.53 Å². The molecule has 2 aliphatic heterocycles. The number of nitrogens with zero attached hydrogens (tertiary/aromatic N) is 4. The Morgan fingerprint density at radius 1 is 1.10 bits per heavy atom. The number of hydrogen-bond donors (Lipinski definition) is 1. The van der Waals surface area contributed by atoms with E-state index in [-0.39, 0.29) is 30.3 Å². The van der Waals surface area contributed by atoms with Gasteiger partial charge in [0, 0.05) is 11.6 Å². The molecule has 1 atom stereocenters. The summed E-state index contributed by atoms with van der Waals surface area (Å²) < 4.78 is 18.2. The molecule has 3 heterocycles. The highest BCUT2D eigenvalue weighted by Gasteiger charge is 2.34. The largest absolute Gasteiger partial charge is 0.507 e. The summed E-state index contributed by atoms with van der Waals surface area (Å²) in [7, 11) is 0. The molecule has 1 aromatic heterocycles. The van der Waals surface area contributed by atoms with Gasteiger partial charge in [0.25, 0.3) is 5.56 Å². The van der Waals surface area contributed by atoms with E-state index in [9.17, 15) is 14.7 Å². The first kappa shape index (κ1) is 26.2. The maximum atomic E-state index is 13.8. The number of aromatic hydroxyl groups is 1. The van der Waals surface area contributed by atoms with Crippen LogP contribution in [0.3, 0.4) is 0 Å². The minimum absolute atomic E-state index is 0.0592. The van der Waals surface area contributed by atoms with Crippen molar-refractivity contribution in [2.75, 3.05) is 13.4 Å². The fourth-order valence-corrected chi connectivity index (χ4v) is 5.70. The van der Waals surface area contributed by atoms with Crippen molar-refractivity contribution in [1.29, 1.82) is 0 Å². The molecule has 0 fully saturated rings. The van der Waals surface area contributed by atoms with Crippen molar-refractivity contribution >= 4 is 34.8 Å². The van der Waals surface area contributed by atoms with Crippen molar-refractivity contribution in [2.24, 2.45) is 15.2 Å². The van der Waals surface area contributed by atoms with E-state index in [1.54, 1.807) is 50.3 Å². The van der Waals surface area contributed by atoms with Gasteiger partial charge in [0.1, 0.15) is 5.75 Å². The summed E-state index contributed by atoms with van der Waals surface area (Å²) in [6.07, 6.45) is 1.59. The molecule has 10 nitrogen and oxygen atoms in total. The van der Waals surface area contributed by atoms with E-state index < -0.39 is 12.0 Å². The zero-order chi connectivity index (χ0) is 28.5. The first-order valence-electron chi connectivity index (χ1n) is 12.8. The molecular formula is C30H24N4O6S. The van der Waals surface area contributed by atoms with Crippen LogP contribution in [0, 0.1) is 0 Å². The Morgan fingerprint density at radius 3 is 2.66 bits per heavy atom. The smallest absolute Gasteiger partial charge is 0.338 e. The van der Waals surface area contributed by atoms with Gasteiger partial charge >= 0.3 is 5.97 Å². The van der Waals surface area contributed by atoms with E-state index in [1.165, 1.54) is 10.6 Å². The molecule has 3 aromatic carbocycles. The predicted molar refractivity (Wildman–Crippen MR) is 152 cm³/mol. The summed E-state index contributed by atoms with van der Waals surface area (Å²) in [6, 6.07) is 18.6. The SMILES string of the molecule is CCOC(=O)C1=C(C)N=c2s/c(=C\c3ccc(N=Nc4ccccc4)cc3O)c(=O)n2[C@@H]1c1ccc2c(c1)OCO2. The summed E-state index contributed by atoms with van der Waals surface area (Å²) in [5.41, 5.74) is 2.58. The van der Waals surface area contributed by atoms with E-state index in [1.807, 2.05) is 30.3 Å². The predicted octanol–water partition coefficient (Wildman–Crippen LogP) is 4.65. The Bertz CT molecular complexity index is 1910. The number of carbonyl (C=O) groups excluding carboxylic acids is 1. The summed E-state index contributed by atoms with van der Waals surface area (Å²) >= 11 is 1.16. The molecule has 11 heteroatoms. The van der Waals surface area contributed by atoms with Gasteiger partial charge in [-0.1, -0.05) is 35.6 Å². The van der Waals surface area contributed by atoms with E-state index in [0.29, 0.717) is 49.0 Å². The first-order valence-corrected chi connectivity index (χ1v) is 13.6. The number of aromatic nitrogens is 1. The highest BCUT2D eigenvalue weighted by molar-refractivity contribution is 7.07. The number of carbonyl (C=O) groups is 1. The molecule has 41 heavy (non-hydrogen) atoms. The molecule has 2 aliphatic rings. The molecule has 6 rings (SSSR count). The number of fused-ring (bicyclic) bond motifs is 2. The minimum atomic E-state index is -0.795. The summed E-state index contributed by atoms with van der Waals surface area (Å²) in [5.74, 6) is 0.498. The van der Waals surface area contributed by atoms with Gasteiger partial charge in [0.05, 0.1) is 39.8 Å². The van der Waals surface area contributed by atoms with Crippen molar-refractivity contribution in [1.82, 2.24) is 4.57 Å². The molecular weight excluding hydrogens is 544 g/mol. The molecule has 1 N–H and O–H groups in total. The number of azo groups is 1. The van der Waals surface area contributed by atoms with Crippen LogP contribution in [0.1, 0.15) is 31.0 Å². The first-order chi connectivity index (χ1) is 19.9. The Labute approximate surface area is 237 Å². The molecule has 0 radical (unpaired) electrons. The zero-order valence-corrected chi connectivity index (χ0v) is 22.9. The number of thiazole rings is 1. The molecule has 0 saturated heterocycles. The lowest BCUT2D eigenvalue weighted by Gasteiger charge is -2.24. The molecule has 0 spiro atoms. The molecule has 0 saturated carbocycles. The van der Waals surface area contributed by atoms with Crippen molar-refractivity contribution in [3.63, 3.8) is 0 Å². The van der Waals surface area contributed by atoms with Gasteiger partial charge in [-0.2, -0.15) is 10.2 Å². The summed E-state index contributed by atoms with van der Waals surface area (Å²) in [5, 5.41) is 19.1. The van der Waals surface area contributed by atoms with E-state index in [0.717, 1.165) is 11.3 Å². The van der Waals surface area contributed by atoms with E-state index >= 15 is 0 Å². The van der Waals surface area contributed by atoms with Gasteiger partial charge in [-0.3, -0.25) is 9.36 Å². The summed E-state index contributed by atoms with van der Waals surface area (Å²) in [6.45, 7) is 3.71. The van der Waals surface area contributed by atoms with Crippen LogP contribution >= 0.6 is 11.3 Å². The maximum absolute atomic E-state index is 13.8. The van der Waals surface area contributed by atoms with E-state index in [2.05, 4.69) is 15.2 Å². The van der Waals surface area contributed by atoms with Crippen molar-refractivity contribution in [2.45, 2.75) is 19.9 Å². The van der Waals surface area contributed by atoms with Gasteiger partial charge < -0.3 is 19.3 Å². The Hall–Kier alpha value is -5.03. The fourth-order valence-electron chi connectivity index (χ4n) is 4.66. The topological polar surface area (TPSA) is 124 Å². The second kappa shape index (κ2) is 10.9.